The minimum absolute atomic E-state index is 0.891. The van der Waals surface area contributed by atoms with Crippen molar-refractivity contribution < 1.29 is 0 Å². The predicted octanol–water partition coefficient (Wildman–Crippen LogP) is 5.47. The fraction of sp³-hybridized carbons (Fsp3) is 0. The molecule has 0 aliphatic carbocycles. The van der Waals surface area contributed by atoms with Crippen LogP contribution in [0.5, 0.6) is 0 Å². The van der Waals surface area contributed by atoms with E-state index in [9.17, 15) is 0 Å². The van der Waals surface area contributed by atoms with Gasteiger partial charge < -0.3 is 0 Å². The van der Waals surface area contributed by atoms with E-state index in [-0.39, 0.29) is 0 Å². The van der Waals surface area contributed by atoms with Crippen LogP contribution >= 0.6 is 0 Å². The van der Waals surface area contributed by atoms with Gasteiger partial charge in [0.2, 0.25) is 0 Å². The van der Waals surface area contributed by atoms with Gasteiger partial charge in [-0.25, -0.2) is 4.98 Å². The molecule has 24 heavy (non-hydrogen) atoms. The van der Waals surface area contributed by atoms with E-state index in [2.05, 4.69) is 41.4 Å². The summed E-state index contributed by atoms with van der Waals surface area (Å²) in [4.78, 5) is 9.30. The van der Waals surface area contributed by atoms with Crippen molar-refractivity contribution in [1.82, 2.24) is 9.97 Å². The summed E-state index contributed by atoms with van der Waals surface area (Å²) < 4.78 is 0. The molecule has 0 aliphatic heterocycles. The minimum Gasteiger partial charge on any atom is -0.252 e. The number of hydrogen-bond donors (Lipinski definition) is 0. The lowest BCUT2D eigenvalue weighted by atomic mass is 10.0. The lowest BCUT2D eigenvalue weighted by Crippen LogP contribution is -1.90. The Morgan fingerprint density at radius 3 is 2.21 bits per heavy atom. The lowest BCUT2D eigenvalue weighted by Gasteiger charge is -2.06. The molecule has 0 saturated heterocycles. The molecule has 0 atom stereocenters. The highest BCUT2D eigenvalue weighted by atomic mass is 14.8. The van der Waals surface area contributed by atoms with Gasteiger partial charge in [0.15, 0.2) is 0 Å². The molecule has 0 radical (unpaired) electrons. The molecule has 1 aromatic heterocycles. The van der Waals surface area contributed by atoms with E-state index < -0.39 is 0 Å². The molecule has 4 rings (SSSR count). The van der Waals surface area contributed by atoms with Crippen LogP contribution in [-0.4, -0.2) is 9.97 Å². The number of rotatable bonds is 3. The summed E-state index contributed by atoms with van der Waals surface area (Å²) in [6.07, 6.45) is 6.09. The highest BCUT2D eigenvalue weighted by Gasteiger charge is 2.05. The van der Waals surface area contributed by atoms with Gasteiger partial charge in [0.1, 0.15) is 0 Å². The van der Waals surface area contributed by atoms with E-state index in [1.807, 2.05) is 60.8 Å². The molecule has 0 saturated carbocycles. The fourth-order valence-electron chi connectivity index (χ4n) is 2.71. The van der Waals surface area contributed by atoms with E-state index >= 15 is 0 Å². The summed E-state index contributed by atoms with van der Waals surface area (Å²) in [6, 6.07) is 26.5. The normalized spacial score (nSPS) is 11.2. The summed E-state index contributed by atoms with van der Waals surface area (Å²) in [7, 11) is 0. The van der Waals surface area contributed by atoms with Crippen molar-refractivity contribution in [2.75, 3.05) is 0 Å². The van der Waals surface area contributed by atoms with Gasteiger partial charge >= 0.3 is 0 Å². The first kappa shape index (κ1) is 14.3. The number of aromatic nitrogens is 2. The van der Waals surface area contributed by atoms with Gasteiger partial charge in [-0.15, -0.1) is 0 Å². The van der Waals surface area contributed by atoms with E-state index in [0.29, 0.717) is 0 Å². The number of benzene rings is 3. The van der Waals surface area contributed by atoms with Crippen LogP contribution in [0, 0.1) is 0 Å². The third-order valence-electron chi connectivity index (χ3n) is 3.94. The van der Waals surface area contributed by atoms with Crippen molar-refractivity contribution in [3.8, 4) is 11.3 Å². The molecule has 0 N–H and O–H groups in total. The molecular formula is C22H16N2. The van der Waals surface area contributed by atoms with Crippen molar-refractivity contribution in [1.29, 1.82) is 0 Å². The molecule has 0 unspecified atom stereocenters. The Bertz CT molecular complexity index is 1000. The van der Waals surface area contributed by atoms with E-state index in [4.69, 9.17) is 4.98 Å². The van der Waals surface area contributed by atoms with Crippen molar-refractivity contribution in [3.63, 3.8) is 0 Å². The second kappa shape index (κ2) is 6.47. The van der Waals surface area contributed by atoms with Gasteiger partial charge in [0, 0.05) is 5.56 Å². The Labute approximate surface area is 141 Å². The Morgan fingerprint density at radius 1 is 0.625 bits per heavy atom. The maximum atomic E-state index is 4.76. The van der Waals surface area contributed by atoms with Crippen molar-refractivity contribution in [2.24, 2.45) is 0 Å². The summed E-state index contributed by atoms with van der Waals surface area (Å²) in [5, 5.41) is 0. The van der Waals surface area contributed by atoms with Crippen LogP contribution in [0.15, 0.2) is 85.1 Å². The van der Waals surface area contributed by atoms with Crippen LogP contribution in [0.1, 0.15) is 11.1 Å². The zero-order chi connectivity index (χ0) is 16.2. The molecule has 114 valence electrons. The summed E-state index contributed by atoms with van der Waals surface area (Å²) in [5.74, 6) is 0. The second-order valence-electron chi connectivity index (χ2n) is 5.58. The van der Waals surface area contributed by atoms with Crippen LogP contribution in [0.4, 0.5) is 0 Å². The van der Waals surface area contributed by atoms with Crippen molar-refractivity contribution in [3.05, 3.63) is 96.2 Å². The zero-order valence-corrected chi connectivity index (χ0v) is 13.1. The first-order chi connectivity index (χ1) is 11.9. The van der Waals surface area contributed by atoms with Crippen LogP contribution in [0.3, 0.4) is 0 Å². The maximum absolute atomic E-state index is 4.76. The molecule has 0 amide bonds. The van der Waals surface area contributed by atoms with Crippen LogP contribution < -0.4 is 0 Å². The number of nitrogens with zero attached hydrogens (tertiary/aromatic N) is 2. The SMILES string of the molecule is C(=Cc1ccccc1-c1cnc2ccccc2n1)c1ccccc1. The largest absolute Gasteiger partial charge is 0.252 e. The van der Waals surface area contributed by atoms with Crippen molar-refractivity contribution in [2.45, 2.75) is 0 Å². The molecule has 0 aliphatic rings. The molecule has 0 fully saturated rings. The van der Waals surface area contributed by atoms with Gasteiger partial charge in [0.05, 0.1) is 22.9 Å². The first-order valence-electron chi connectivity index (χ1n) is 7.94. The predicted molar refractivity (Wildman–Crippen MR) is 100 cm³/mol. The van der Waals surface area contributed by atoms with Gasteiger partial charge in [-0.2, -0.15) is 0 Å². The molecular weight excluding hydrogens is 292 g/mol. The highest BCUT2D eigenvalue weighted by Crippen LogP contribution is 2.24. The molecule has 1 heterocycles. The molecule has 2 heteroatoms. The minimum atomic E-state index is 0.891. The smallest absolute Gasteiger partial charge is 0.0899 e. The highest BCUT2D eigenvalue weighted by molar-refractivity contribution is 5.82. The van der Waals surface area contributed by atoms with Gasteiger partial charge in [-0.1, -0.05) is 78.9 Å². The lowest BCUT2D eigenvalue weighted by molar-refractivity contribution is 1.29. The number of hydrogen-bond acceptors (Lipinski definition) is 2. The Hall–Kier alpha value is -3.26. The topological polar surface area (TPSA) is 25.8 Å². The van der Waals surface area contributed by atoms with E-state index in [1.54, 1.807) is 0 Å². The second-order valence-corrected chi connectivity index (χ2v) is 5.58. The Kier molecular flexibility index (Phi) is 3.86. The van der Waals surface area contributed by atoms with Gasteiger partial charge in [-0.3, -0.25) is 4.98 Å². The average Bonchev–Trinajstić information content (AvgIpc) is 2.67. The quantitative estimate of drug-likeness (QED) is 0.469. The molecule has 3 aromatic carbocycles. The maximum Gasteiger partial charge on any atom is 0.0899 e. The van der Waals surface area contributed by atoms with Crippen LogP contribution in [0.25, 0.3) is 34.4 Å². The monoisotopic (exact) mass is 308 g/mol. The average molecular weight is 308 g/mol. The summed E-state index contributed by atoms with van der Waals surface area (Å²) in [5.41, 5.74) is 6.11. The first-order valence-corrected chi connectivity index (χ1v) is 7.94. The standard InChI is InChI=1S/C22H16N2/c1-2-8-17(9-3-1)14-15-18-10-4-5-11-19(18)22-16-23-20-12-6-7-13-21(20)24-22/h1-16H. The zero-order valence-electron chi connectivity index (χ0n) is 13.1. The number of fused-ring (bicyclic) bond motifs is 1. The molecule has 2 nitrogen and oxygen atoms in total. The van der Waals surface area contributed by atoms with Crippen molar-refractivity contribution >= 4 is 23.2 Å². The molecule has 4 aromatic rings. The third kappa shape index (κ3) is 2.95. The fourth-order valence-corrected chi connectivity index (χ4v) is 2.71. The summed E-state index contributed by atoms with van der Waals surface area (Å²) in [6.45, 7) is 0. The number of para-hydroxylation sites is 2. The van der Waals surface area contributed by atoms with E-state index in [1.165, 1.54) is 5.56 Å². The summed E-state index contributed by atoms with van der Waals surface area (Å²) >= 11 is 0. The Morgan fingerprint density at radius 2 is 1.33 bits per heavy atom. The van der Waals surface area contributed by atoms with Gasteiger partial charge in [-0.05, 0) is 23.3 Å². The third-order valence-corrected chi connectivity index (χ3v) is 3.94. The van der Waals surface area contributed by atoms with E-state index in [0.717, 1.165) is 27.9 Å². The molecule has 0 spiro atoms. The molecule has 0 bridgehead atoms. The van der Waals surface area contributed by atoms with Crippen LogP contribution in [0.2, 0.25) is 0 Å². The Balaban J connectivity index is 1.76. The van der Waals surface area contributed by atoms with Gasteiger partial charge in [0.25, 0.3) is 0 Å². The van der Waals surface area contributed by atoms with Crippen LogP contribution in [-0.2, 0) is 0 Å².